The highest BCUT2D eigenvalue weighted by Crippen LogP contribution is 2.12. The predicted octanol–water partition coefficient (Wildman–Crippen LogP) is 3.01. The van der Waals surface area contributed by atoms with Gasteiger partial charge in [0.1, 0.15) is 12.1 Å². The largest absolute Gasteiger partial charge is 0.394 e. The van der Waals surface area contributed by atoms with Crippen molar-refractivity contribution in [2.75, 3.05) is 6.61 Å². The number of carbonyl (C=O) groups excluding carboxylic acids is 3. The summed E-state index contributed by atoms with van der Waals surface area (Å²) in [6.07, 6.45) is 1.78. The zero-order valence-corrected chi connectivity index (χ0v) is 21.9. The number of amides is 3. The lowest BCUT2D eigenvalue weighted by Gasteiger charge is -2.28. The van der Waals surface area contributed by atoms with Crippen LogP contribution >= 0.6 is 0 Å². The van der Waals surface area contributed by atoms with Gasteiger partial charge in [-0.25, -0.2) is 0 Å². The molecule has 0 aromatic heterocycles. The number of hydrogen-bond acceptors (Lipinski definition) is 4. The van der Waals surface area contributed by atoms with Gasteiger partial charge < -0.3 is 21.1 Å². The van der Waals surface area contributed by atoms with E-state index in [-0.39, 0.29) is 30.3 Å². The molecule has 0 bridgehead atoms. The standard InChI is InChI=1S/C29H41N3O4/c1-5-21(4)27(29(36)30-24(19-33)17-22-12-8-6-9-13-22)32-28(35)25(31-26(34)16-20(2)3)18-23-14-10-7-11-15-23/h6-15,20-21,24-25,27,33H,5,16-19H2,1-4H3,(H,30,36)(H,31,34)(H,32,35)/t21-,24-,25-,27-/m0/s1. The smallest absolute Gasteiger partial charge is 0.243 e. The maximum Gasteiger partial charge on any atom is 0.243 e. The fraction of sp³-hybridized carbons (Fsp3) is 0.483. The third-order valence-corrected chi connectivity index (χ3v) is 6.21. The van der Waals surface area contributed by atoms with E-state index in [1.807, 2.05) is 88.4 Å². The monoisotopic (exact) mass is 495 g/mol. The van der Waals surface area contributed by atoms with Crippen LogP contribution in [0.2, 0.25) is 0 Å². The van der Waals surface area contributed by atoms with E-state index in [1.54, 1.807) is 0 Å². The highest BCUT2D eigenvalue weighted by molar-refractivity contribution is 5.92. The first-order valence-corrected chi connectivity index (χ1v) is 12.8. The van der Waals surface area contributed by atoms with Gasteiger partial charge in [0, 0.05) is 12.8 Å². The molecule has 0 radical (unpaired) electrons. The van der Waals surface area contributed by atoms with Crippen LogP contribution in [0.15, 0.2) is 60.7 Å². The van der Waals surface area contributed by atoms with Crippen molar-refractivity contribution in [2.24, 2.45) is 11.8 Å². The van der Waals surface area contributed by atoms with E-state index in [2.05, 4.69) is 16.0 Å². The summed E-state index contributed by atoms with van der Waals surface area (Å²) in [5.74, 6) is -0.939. The Labute approximate surface area is 215 Å². The van der Waals surface area contributed by atoms with Gasteiger partial charge in [-0.2, -0.15) is 0 Å². The third-order valence-electron chi connectivity index (χ3n) is 6.21. The first-order chi connectivity index (χ1) is 17.2. The molecule has 0 unspecified atom stereocenters. The molecule has 7 nitrogen and oxygen atoms in total. The molecule has 196 valence electrons. The summed E-state index contributed by atoms with van der Waals surface area (Å²) in [7, 11) is 0. The topological polar surface area (TPSA) is 108 Å². The molecular formula is C29H41N3O4. The number of carbonyl (C=O) groups is 3. The molecule has 0 aliphatic rings. The van der Waals surface area contributed by atoms with Gasteiger partial charge in [0.15, 0.2) is 0 Å². The zero-order valence-electron chi connectivity index (χ0n) is 21.9. The Bertz CT molecular complexity index is 950. The van der Waals surface area contributed by atoms with Crippen LogP contribution in [0.5, 0.6) is 0 Å². The Balaban J connectivity index is 2.16. The van der Waals surface area contributed by atoms with E-state index >= 15 is 0 Å². The van der Waals surface area contributed by atoms with Crippen molar-refractivity contribution in [3.05, 3.63) is 71.8 Å². The van der Waals surface area contributed by atoms with Crippen LogP contribution in [0.25, 0.3) is 0 Å². The molecule has 3 amide bonds. The van der Waals surface area contributed by atoms with Gasteiger partial charge in [-0.1, -0.05) is 94.8 Å². The lowest BCUT2D eigenvalue weighted by atomic mass is 9.96. The molecule has 0 aliphatic heterocycles. The van der Waals surface area contributed by atoms with Gasteiger partial charge in [-0.05, 0) is 29.4 Å². The molecule has 0 aliphatic carbocycles. The van der Waals surface area contributed by atoms with Crippen molar-refractivity contribution < 1.29 is 19.5 Å². The summed E-state index contributed by atoms with van der Waals surface area (Å²) >= 11 is 0. The number of nitrogens with one attached hydrogen (secondary N) is 3. The third kappa shape index (κ3) is 9.82. The maximum absolute atomic E-state index is 13.4. The average molecular weight is 496 g/mol. The van der Waals surface area contributed by atoms with E-state index < -0.39 is 24.0 Å². The minimum atomic E-state index is -0.809. The molecule has 0 saturated heterocycles. The lowest BCUT2D eigenvalue weighted by molar-refractivity contribution is -0.133. The molecule has 2 rings (SSSR count). The molecule has 36 heavy (non-hydrogen) atoms. The highest BCUT2D eigenvalue weighted by atomic mass is 16.3. The van der Waals surface area contributed by atoms with Crippen LogP contribution in [0.1, 0.15) is 51.7 Å². The predicted molar refractivity (Wildman–Crippen MR) is 142 cm³/mol. The SMILES string of the molecule is CC[C@H](C)[C@H](NC(=O)[C@H](Cc1ccccc1)NC(=O)CC(C)C)C(=O)N[C@H](CO)Cc1ccccc1. The van der Waals surface area contributed by atoms with Crippen molar-refractivity contribution in [3.63, 3.8) is 0 Å². The van der Waals surface area contributed by atoms with Crippen molar-refractivity contribution in [2.45, 2.75) is 71.5 Å². The molecular weight excluding hydrogens is 454 g/mol. The van der Waals surface area contributed by atoms with Crippen LogP contribution in [0.4, 0.5) is 0 Å². The summed E-state index contributed by atoms with van der Waals surface area (Å²) in [5.41, 5.74) is 1.91. The van der Waals surface area contributed by atoms with E-state index in [1.165, 1.54) is 0 Å². The van der Waals surface area contributed by atoms with Crippen molar-refractivity contribution in [1.82, 2.24) is 16.0 Å². The second-order valence-corrected chi connectivity index (χ2v) is 9.86. The van der Waals surface area contributed by atoms with Crippen LogP contribution in [-0.4, -0.2) is 47.6 Å². The highest BCUT2D eigenvalue weighted by Gasteiger charge is 2.31. The minimum Gasteiger partial charge on any atom is -0.394 e. The lowest BCUT2D eigenvalue weighted by Crippen LogP contribution is -2.58. The molecule has 0 saturated carbocycles. The van der Waals surface area contributed by atoms with Gasteiger partial charge in [0.25, 0.3) is 0 Å². The summed E-state index contributed by atoms with van der Waals surface area (Å²) in [4.78, 5) is 39.2. The van der Waals surface area contributed by atoms with E-state index in [4.69, 9.17) is 0 Å². The quantitative estimate of drug-likeness (QED) is 0.323. The molecule has 0 heterocycles. The zero-order chi connectivity index (χ0) is 26.5. The maximum atomic E-state index is 13.4. The van der Waals surface area contributed by atoms with Gasteiger partial charge >= 0.3 is 0 Å². The van der Waals surface area contributed by atoms with Crippen molar-refractivity contribution in [1.29, 1.82) is 0 Å². The van der Waals surface area contributed by atoms with Gasteiger partial charge in [-0.15, -0.1) is 0 Å². The molecule has 2 aromatic carbocycles. The second kappa shape index (κ2) is 15.0. The number of aliphatic hydroxyl groups is 1. The van der Waals surface area contributed by atoms with Crippen LogP contribution < -0.4 is 16.0 Å². The van der Waals surface area contributed by atoms with Gasteiger partial charge in [0.05, 0.1) is 12.6 Å². The Morgan fingerprint density at radius 2 is 1.33 bits per heavy atom. The minimum absolute atomic E-state index is 0.145. The Morgan fingerprint density at radius 1 is 0.778 bits per heavy atom. The molecule has 0 fully saturated rings. The van der Waals surface area contributed by atoms with Crippen LogP contribution in [-0.2, 0) is 27.2 Å². The Morgan fingerprint density at radius 3 is 1.83 bits per heavy atom. The normalized spacial score (nSPS) is 14.4. The Hall–Kier alpha value is -3.19. The van der Waals surface area contributed by atoms with E-state index in [0.29, 0.717) is 25.7 Å². The fourth-order valence-electron chi connectivity index (χ4n) is 3.99. The van der Waals surface area contributed by atoms with E-state index in [9.17, 15) is 19.5 Å². The molecule has 0 spiro atoms. The molecule has 4 atom stereocenters. The van der Waals surface area contributed by atoms with Crippen molar-refractivity contribution in [3.8, 4) is 0 Å². The summed E-state index contributed by atoms with van der Waals surface area (Å²) in [6.45, 7) is 7.53. The Kier molecular flexibility index (Phi) is 12.1. The number of rotatable bonds is 14. The van der Waals surface area contributed by atoms with Crippen molar-refractivity contribution >= 4 is 17.7 Å². The molecule has 2 aromatic rings. The summed E-state index contributed by atoms with van der Waals surface area (Å²) in [6, 6.07) is 17.0. The van der Waals surface area contributed by atoms with Gasteiger partial charge in [-0.3, -0.25) is 14.4 Å². The van der Waals surface area contributed by atoms with Crippen LogP contribution in [0.3, 0.4) is 0 Å². The van der Waals surface area contributed by atoms with Gasteiger partial charge in [0.2, 0.25) is 17.7 Å². The first kappa shape index (κ1) is 29.0. The van der Waals surface area contributed by atoms with E-state index in [0.717, 1.165) is 11.1 Å². The molecule has 4 N–H and O–H groups in total. The number of hydrogen-bond donors (Lipinski definition) is 4. The van der Waals surface area contributed by atoms with Crippen LogP contribution in [0, 0.1) is 11.8 Å². The first-order valence-electron chi connectivity index (χ1n) is 12.8. The average Bonchev–Trinajstić information content (AvgIpc) is 2.86. The summed E-state index contributed by atoms with van der Waals surface area (Å²) < 4.78 is 0. The second-order valence-electron chi connectivity index (χ2n) is 9.86. The number of aliphatic hydroxyl groups excluding tert-OH is 1. The fourth-order valence-corrected chi connectivity index (χ4v) is 3.99. The summed E-state index contributed by atoms with van der Waals surface area (Å²) in [5, 5.41) is 18.5. The molecule has 7 heteroatoms. The number of benzene rings is 2.